The van der Waals surface area contributed by atoms with Gasteiger partial charge in [-0.3, -0.25) is 5.32 Å². The SMILES string of the molecule is CCOCCc1ncnc(NC(=O)NS(=O)(=O)c2cccc3c2S(=O)(=O)C(C)C3)n1. The minimum Gasteiger partial charge on any atom is -0.381 e. The van der Waals surface area contributed by atoms with Crippen molar-refractivity contribution in [3.8, 4) is 0 Å². The van der Waals surface area contributed by atoms with Crippen LogP contribution in [0.2, 0.25) is 0 Å². The first-order valence-corrected chi connectivity index (χ1v) is 12.1. The second kappa shape index (κ2) is 8.62. The number of carbonyl (C=O) groups excluding carboxylic acids is 1. The van der Waals surface area contributed by atoms with E-state index in [-0.39, 0.29) is 17.3 Å². The standard InChI is InChI=1S/C17H21N5O6S2/c1-3-28-8-7-14-18-10-19-16(20-14)21-17(23)22-30(26,27)13-6-4-5-12-9-11(2)29(24,25)15(12)13/h4-6,10-11H,3,7-9H2,1-2H3,(H2,18,19,20,21,22,23). The predicted octanol–water partition coefficient (Wildman–Crippen LogP) is 0.679. The number of fused-ring (bicyclic) bond motifs is 1. The van der Waals surface area contributed by atoms with Crippen LogP contribution in [-0.4, -0.2) is 56.3 Å². The summed E-state index contributed by atoms with van der Waals surface area (Å²) < 4.78 is 57.5. The maximum atomic E-state index is 12.7. The molecule has 0 fully saturated rings. The summed E-state index contributed by atoms with van der Waals surface area (Å²) in [6.07, 6.45) is 1.77. The highest BCUT2D eigenvalue weighted by atomic mass is 32.2. The molecular weight excluding hydrogens is 434 g/mol. The van der Waals surface area contributed by atoms with Crippen LogP contribution in [0.5, 0.6) is 0 Å². The molecule has 2 amide bonds. The number of ether oxygens (including phenoxy) is 1. The highest BCUT2D eigenvalue weighted by Crippen LogP contribution is 2.35. The van der Waals surface area contributed by atoms with Gasteiger partial charge in [-0.25, -0.2) is 36.3 Å². The lowest BCUT2D eigenvalue weighted by Crippen LogP contribution is -2.35. The largest absolute Gasteiger partial charge is 0.381 e. The molecule has 11 nitrogen and oxygen atoms in total. The minimum absolute atomic E-state index is 0.149. The van der Waals surface area contributed by atoms with E-state index < -0.39 is 36.0 Å². The summed E-state index contributed by atoms with van der Waals surface area (Å²) in [7, 11) is -8.26. The maximum absolute atomic E-state index is 12.7. The molecule has 30 heavy (non-hydrogen) atoms. The van der Waals surface area contributed by atoms with Gasteiger partial charge in [0, 0.05) is 13.0 Å². The number of nitrogens with zero attached hydrogens (tertiary/aromatic N) is 3. The molecule has 1 unspecified atom stereocenters. The molecule has 13 heteroatoms. The fraction of sp³-hybridized carbons (Fsp3) is 0.412. The molecule has 0 saturated heterocycles. The van der Waals surface area contributed by atoms with E-state index in [1.54, 1.807) is 6.07 Å². The summed E-state index contributed by atoms with van der Waals surface area (Å²) >= 11 is 0. The molecule has 2 heterocycles. The molecule has 162 valence electrons. The van der Waals surface area contributed by atoms with E-state index in [0.717, 1.165) is 6.07 Å². The lowest BCUT2D eigenvalue weighted by atomic mass is 10.1. The Morgan fingerprint density at radius 3 is 2.80 bits per heavy atom. The van der Waals surface area contributed by atoms with E-state index in [1.165, 1.54) is 19.3 Å². The minimum atomic E-state index is -4.46. The van der Waals surface area contributed by atoms with Crippen LogP contribution in [-0.2, 0) is 37.4 Å². The summed E-state index contributed by atoms with van der Waals surface area (Å²) in [6, 6.07) is 3.02. The summed E-state index contributed by atoms with van der Waals surface area (Å²) in [5.41, 5.74) is 0.405. The van der Waals surface area contributed by atoms with Crippen molar-refractivity contribution in [2.24, 2.45) is 0 Å². The Morgan fingerprint density at radius 1 is 1.30 bits per heavy atom. The number of hydrogen-bond donors (Lipinski definition) is 2. The number of sulfone groups is 1. The fourth-order valence-electron chi connectivity index (χ4n) is 3.00. The average molecular weight is 456 g/mol. The molecule has 0 aliphatic carbocycles. The number of rotatable bonds is 7. The number of nitrogens with one attached hydrogen (secondary N) is 2. The van der Waals surface area contributed by atoms with Gasteiger partial charge >= 0.3 is 6.03 Å². The predicted molar refractivity (Wildman–Crippen MR) is 106 cm³/mol. The van der Waals surface area contributed by atoms with Crippen LogP contribution in [0.25, 0.3) is 0 Å². The van der Waals surface area contributed by atoms with E-state index in [0.29, 0.717) is 31.0 Å². The normalized spacial score (nSPS) is 17.3. The number of sulfonamides is 1. The number of urea groups is 1. The molecule has 0 bridgehead atoms. The van der Waals surface area contributed by atoms with Gasteiger partial charge in [0.2, 0.25) is 5.95 Å². The molecule has 1 aliphatic heterocycles. The van der Waals surface area contributed by atoms with Crippen molar-refractivity contribution in [2.75, 3.05) is 18.5 Å². The Hall–Kier alpha value is -2.64. The van der Waals surface area contributed by atoms with Crippen molar-refractivity contribution in [3.05, 3.63) is 35.9 Å². The maximum Gasteiger partial charge on any atom is 0.335 e. The molecular formula is C17H21N5O6S2. The zero-order valence-corrected chi connectivity index (χ0v) is 18.0. The van der Waals surface area contributed by atoms with Gasteiger partial charge in [-0.15, -0.1) is 0 Å². The molecule has 1 aromatic heterocycles. The van der Waals surface area contributed by atoms with Gasteiger partial charge in [0.15, 0.2) is 9.84 Å². The Kier molecular flexibility index (Phi) is 6.33. The molecule has 2 aromatic rings. The summed E-state index contributed by atoms with van der Waals surface area (Å²) in [6.45, 7) is 4.27. The molecule has 2 N–H and O–H groups in total. The number of anilines is 1. The van der Waals surface area contributed by atoms with Crippen molar-refractivity contribution in [1.29, 1.82) is 0 Å². The third kappa shape index (κ3) is 4.57. The second-order valence-electron chi connectivity index (χ2n) is 6.54. The van der Waals surface area contributed by atoms with Gasteiger partial charge in [-0.05, 0) is 31.9 Å². The Morgan fingerprint density at radius 2 is 2.07 bits per heavy atom. The van der Waals surface area contributed by atoms with Crippen LogP contribution in [0, 0.1) is 0 Å². The first-order chi connectivity index (χ1) is 14.1. The zero-order chi connectivity index (χ0) is 21.9. The third-order valence-corrected chi connectivity index (χ3v) is 8.20. The van der Waals surface area contributed by atoms with Crippen molar-refractivity contribution >= 4 is 31.8 Å². The summed E-state index contributed by atoms with van der Waals surface area (Å²) in [5, 5.41) is 1.48. The quantitative estimate of drug-likeness (QED) is 0.573. The van der Waals surface area contributed by atoms with Crippen LogP contribution in [0.15, 0.2) is 34.3 Å². The molecule has 0 spiro atoms. The Bertz CT molecular complexity index is 1170. The van der Waals surface area contributed by atoms with E-state index in [4.69, 9.17) is 4.74 Å². The van der Waals surface area contributed by atoms with Gasteiger partial charge in [-0.2, -0.15) is 4.98 Å². The topological polar surface area (TPSA) is 157 Å². The molecule has 1 aromatic carbocycles. The molecule has 1 aliphatic rings. The summed E-state index contributed by atoms with van der Waals surface area (Å²) in [5.74, 6) is 0.210. The Balaban J connectivity index is 1.77. The number of aromatic nitrogens is 3. The number of hydrogen-bond acceptors (Lipinski definition) is 9. The molecule has 3 rings (SSSR count). The van der Waals surface area contributed by atoms with E-state index >= 15 is 0 Å². The van der Waals surface area contributed by atoms with Gasteiger partial charge in [0.05, 0.1) is 16.8 Å². The van der Waals surface area contributed by atoms with Crippen LogP contribution < -0.4 is 10.0 Å². The third-order valence-electron chi connectivity index (χ3n) is 4.42. The van der Waals surface area contributed by atoms with Gasteiger partial charge in [0.25, 0.3) is 10.0 Å². The molecule has 1 atom stereocenters. The molecule has 0 saturated carbocycles. The van der Waals surface area contributed by atoms with Gasteiger partial charge in [-0.1, -0.05) is 12.1 Å². The highest BCUT2D eigenvalue weighted by Gasteiger charge is 2.39. The van der Waals surface area contributed by atoms with E-state index in [2.05, 4.69) is 20.3 Å². The van der Waals surface area contributed by atoms with Crippen LogP contribution in [0.4, 0.5) is 10.7 Å². The number of benzene rings is 1. The fourth-order valence-corrected chi connectivity index (χ4v) is 6.38. The van der Waals surface area contributed by atoms with Crippen LogP contribution in [0.3, 0.4) is 0 Å². The van der Waals surface area contributed by atoms with Crippen molar-refractivity contribution < 1.29 is 26.4 Å². The number of amides is 2. The van der Waals surface area contributed by atoms with Crippen molar-refractivity contribution in [3.63, 3.8) is 0 Å². The second-order valence-corrected chi connectivity index (χ2v) is 10.5. The summed E-state index contributed by atoms with van der Waals surface area (Å²) in [4.78, 5) is 23.2. The lowest BCUT2D eigenvalue weighted by Gasteiger charge is -2.11. The van der Waals surface area contributed by atoms with Gasteiger partial charge < -0.3 is 4.74 Å². The monoisotopic (exact) mass is 455 g/mol. The smallest absolute Gasteiger partial charge is 0.335 e. The van der Waals surface area contributed by atoms with E-state index in [1.807, 2.05) is 11.6 Å². The average Bonchev–Trinajstić information content (AvgIpc) is 2.90. The zero-order valence-electron chi connectivity index (χ0n) is 16.3. The van der Waals surface area contributed by atoms with Crippen LogP contribution >= 0.6 is 0 Å². The molecule has 0 radical (unpaired) electrons. The van der Waals surface area contributed by atoms with Crippen LogP contribution in [0.1, 0.15) is 25.2 Å². The van der Waals surface area contributed by atoms with Crippen molar-refractivity contribution in [1.82, 2.24) is 19.7 Å². The van der Waals surface area contributed by atoms with E-state index in [9.17, 15) is 21.6 Å². The number of carbonyl (C=O) groups is 1. The van der Waals surface area contributed by atoms with Gasteiger partial charge in [0.1, 0.15) is 17.0 Å². The first kappa shape index (κ1) is 22.1. The first-order valence-electron chi connectivity index (χ1n) is 9.10. The Labute approximate surface area is 174 Å². The van der Waals surface area contributed by atoms with Crippen molar-refractivity contribution in [2.45, 2.75) is 41.7 Å². The highest BCUT2D eigenvalue weighted by molar-refractivity contribution is 7.94. The lowest BCUT2D eigenvalue weighted by molar-refractivity contribution is 0.149.